The summed E-state index contributed by atoms with van der Waals surface area (Å²) in [6, 6.07) is 4.36. The van der Waals surface area contributed by atoms with E-state index in [1.165, 1.54) is 14.2 Å². The Morgan fingerprint density at radius 3 is 2.72 bits per heavy atom. The summed E-state index contributed by atoms with van der Waals surface area (Å²) in [7, 11) is 4.85. The Hall–Kier alpha value is -2.81. The van der Waals surface area contributed by atoms with Crippen LogP contribution in [0.25, 0.3) is 0 Å². The number of carbonyl (C=O) groups is 1. The van der Waals surface area contributed by atoms with Gasteiger partial charge >= 0.3 is 6.03 Å². The molecule has 0 radical (unpaired) electrons. The van der Waals surface area contributed by atoms with Crippen LogP contribution in [0.3, 0.4) is 0 Å². The number of amides is 2. The average molecular weight is 349 g/mol. The number of rotatable bonds is 7. The minimum Gasteiger partial charge on any atom is -0.497 e. The summed E-state index contributed by atoms with van der Waals surface area (Å²) in [5.74, 6) is 1.74. The number of hydrogen-bond donors (Lipinski definition) is 3. The van der Waals surface area contributed by atoms with Crippen LogP contribution in [0.15, 0.2) is 24.5 Å². The van der Waals surface area contributed by atoms with Crippen molar-refractivity contribution in [1.82, 2.24) is 25.4 Å². The highest BCUT2D eigenvalue weighted by Gasteiger charge is 2.18. The van der Waals surface area contributed by atoms with Gasteiger partial charge in [-0.3, -0.25) is 0 Å². The van der Waals surface area contributed by atoms with Crippen LogP contribution in [0.1, 0.15) is 30.5 Å². The number of nitrogens with zero attached hydrogens (tertiary/aromatic N) is 3. The quantitative estimate of drug-likeness (QED) is 0.686. The zero-order valence-corrected chi connectivity index (χ0v) is 14.7. The molecule has 0 aliphatic rings. The Bertz CT molecular complexity index is 718. The molecule has 0 bridgehead atoms. The minimum absolute atomic E-state index is 0.0148. The van der Waals surface area contributed by atoms with Crippen LogP contribution in [0.4, 0.5) is 4.79 Å². The van der Waals surface area contributed by atoms with Crippen molar-refractivity contribution in [1.29, 1.82) is 0 Å². The van der Waals surface area contributed by atoms with E-state index in [2.05, 4.69) is 20.8 Å². The van der Waals surface area contributed by atoms with Gasteiger partial charge in [-0.25, -0.2) is 4.79 Å². The molecule has 1 heterocycles. The summed E-state index contributed by atoms with van der Waals surface area (Å²) in [5.41, 5.74) is 0.531. The van der Waals surface area contributed by atoms with Crippen LogP contribution in [0.2, 0.25) is 0 Å². The number of benzene rings is 1. The second-order valence-electron chi connectivity index (χ2n) is 5.50. The number of aliphatic hydroxyl groups excluding tert-OH is 1. The van der Waals surface area contributed by atoms with Crippen LogP contribution in [-0.4, -0.2) is 46.7 Å². The molecule has 1 aromatic carbocycles. The topological polar surface area (TPSA) is 111 Å². The van der Waals surface area contributed by atoms with Gasteiger partial charge in [-0.05, 0) is 25.1 Å². The lowest BCUT2D eigenvalue weighted by atomic mass is 10.1. The first-order valence-corrected chi connectivity index (χ1v) is 7.74. The maximum absolute atomic E-state index is 12.0. The number of aryl methyl sites for hydroxylation is 1. The van der Waals surface area contributed by atoms with E-state index >= 15 is 0 Å². The highest BCUT2D eigenvalue weighted by Crippen LogP contribution is 2.29. The fourth-order valence-corrected chi connectivity index (χ4v) is 2.40. The Morgan fingerprint density at radius 2 is 2.12 bits per heavy atom. The molecule has 25 heavy (non-hydrogen) atoms. The number of urea groups is 1. The minimum atomic E-state index is -0.944. The third-order valence-corrected chi connectivity index (χ3v) is 3.73. The Balaban J connectivity index is 1.94. The van der Waals surface area contributed by atoms with Crippen molar-refractivity contribution in [3.05, 3.63) is 35.9 Å². The second kappa shape index (κ2) is 8.34. The summed E-state index contributed by atoms with van der Waals surface area (Å²) in [4.78, 5) is 12.0. The van der Waals surface area contributed by atoms with Crippen LogP contribution in [-0.2, 0) is 7.05 Å². The van der Waals surface area contributed by atoms with E-state index in [1.807, 2.05) is 0 Å². The van der Waals surface area contributed by atoms with Gasteiger partial charge in [0.2, 0.25) is 0 Å². The molecule has 1 aromatic heterocycles. The number of ether oxygens (including phenoxy) is 2. The molecule has 2 aromatic rings. The molecule has 0 fully saturated rings. The fraction of sp³-hybridized carbons (Fsp3) is 0.438. The lowest BCUT2D eigenvalue weighted by Crippen LogP contribution is -2.39. The number of hydrogen-bond acceptors (Lipinski definition) is 6. The number of methoxy groups -OCH3 is 2. The lowest BCUT2D eigenvalue weighted by molar-refractivity contribution is 0.168. The zero-order chi connectivity index (χ0) is 18.4. The van der Waals surface area contributed by atoms with Gasteiger partial charge in [0.1, 0.15) is 23.9 Å². The van der Waals surface area contributed by atoms with E-state index in [0.29, 0.717) is 22.9 Å². The van der Waals surface area contributed by atoms with E-state index in [1.54, 1.807) is 43.1 Å². The maximum Gasteiger partial charge on any atom is 0.315 e. The predicted molar refractivity (Wildman–Crippen MR) is 90.5 cm³/mol. The number of aromatic nitrogens is 3. The van der Waals surface area contributed by atoms with Crippen molar-refractivity contribution in [3.63, 3.8) is 0 Å². The third-order valence-electron chi connectivity index (χ3n) is 3.73. The molecule has 0 spiro atoms. The number of aliphatic hydroxyl groups is 1. The highest BCUT2D eigenvalue weighted by molar-refractivity contribution is 5.74. The predicted octanol–water partition coefficient (Wildman–Crippen LogP) is 0.926. The largest absolute Gasteiger partial charge is 0.497 e. The van der Waals surface area contributed by atoms with E-state index in [-0.39, 0.29) is 12.6 Å². The van der Waals surface area contributed by atoms with Gasteiger partial charge in [0.15, 0.2) is 5.82 Å². The van der Waals surface area contributed by atoms with Gasteiger partial charge in [0.25, 0.3) is 0 Å². The molecule has 9 heteroatoms. The average Bonchev–Trinajstić information content (AvgIpc) is 3.05. The van der Waals surface area contributed by atoms with Gasteiger partial charge in [0.05, 0.1) is 20.3 Å². The first kappa shape index (κ1) is 18.5. The van der Waals surface area contributed by atoms with Gasteiger partial charge in [-0.2, -0.15) is 0 Å². The standard InChI is InChI=1S/C16H23N5O4/c1-10(15-20-18-9-21(15)2)19-16(23)17-8-13(22)12-7-11(24-3)5-6-14(12)25-4/h5-7,9-10,13,22H,8H2,1-4H3,(H2,17,19,23). The van der Waals surface area contributed by atoms with Crippen LogP contribution in [0.5, 0.6) is 11.5 Å². The van der Waals surface area contributed by atoms with E-state index in [0.717, 1.165) is 0 Å². The first-order chi connectivity index (χ1) is 12.0. The van der Waals surface area contributed by atoms with Crippen molar-refractivity contribution in [2.24, 2.45) is 7.05 Å². The molecule has 136 valence electrons. The molecule has 2 amide bonds. The monoisotopic (exact) mass is 349 g/mol. The summed E-state index contributed by atoms with van der Waals surface area (Å²) in [6.45, 7) is 1.81. The van der Waals surface area contributed by atoms with Crippen molar-refractivity contribution in [2.75, 3.05) is 20.8 Å². The molecule has 9 nitrogen and oxygen atoms in total. The number of carbonyl (C=O) groups excluding carboxylic acids is 1. The van der Waals surface area contributed by atoms with Crippen molar-refractivity contribution >= 4 is 6.03 Å². The van der Waals surface area contributed by atoms with Gasteiger partial charge in [-0.15, -0.1) is 10.2 Å². The van der Waals surface area contributed by atoms with Crippen LogP contribution in [0, 0.1) is 0 Å². The lowest BCUT2D eigenvalue weighted by Gasteiger charge is -2.18. The van der Waals surface area contributed by atoms with Gasteiger partial charge < -0.3 is 29.8 Å². The zero-order valence-electron chi connectivity index (χ0n) is 14.7. The summed E-state index contributed by atoms with van der Waals surface area (Å²) in [5, 5.41) is 23.4. The molecular weight excluding hydrogens is 326 g/mol. The molecule has 2 atom stereocenters. The van der Waals surface area contributed by atoms with Crippen molar-refractivity contribution in [3.8, 4) is 11.5 Å². The smallest absolute Gasteiger partial charge is 0.315 e. The Labute approximate surface area is 146 Å². The molecule has 0 saturated carbocycles. The summed E-state index contributed by atoms with van der Waals surface area (Å²) < 4.78 is 12.1. The molecule has 2 unspecified atom stereocenters. The Kier molecular flexibility index (Phi) is 6.18. The van der Waals surface area contributed by atoms with E-state index in [4.69, 9.17) is 9.47 Å². The van der Waals surface area contributed by atoms with Crippen molar-refractivity contribution in [2.45, 2.75) is 19.1 Å². The SMILES string of the molecule is COc1ccc(OC)c(C(O)CNC(=O)NC(C)c2nncn2C)c1. The first-order valence-electron chi connectivity index (χ1n) is 7.74. The normalized spacial score (nSPS) is 13.0. The summed E-state index contributed by atoms with van der Waals surface area (Å²) >= 11 is 0. The fourth-order valence-electron chi connectivity index (χ4n) is 2.40. The van der Waals surface area contributed by atoms with Crippen molar-refractivity contribution < 1.29 is 19.4 Å². The molecule has 0 saturated heterocycles. The number of nitrogens with one attached hydrogen (secondary N) is 2. The maximum atomic E-state index is 12.0. The van der Waals surface area contributed by atoms with Crippen LogP contribution < -0.4 is 20.1 Å². The van der Waals surface area contributed by atoms with Gasteiger partial charge in [-0.1, -0.05) is 0 Å². The molecular formula is C16H23N5O4. The van der Waals surface area contributed by atoms with Gasteiger partial charge in [0, 0.05) is 19.2 Å². The molecule has 3 N–H and O–H groups in total. The van der Waals surface area contributed by atoms with E-state index < -0.39 is 12.1 Å². The molecule has 0 aliphatic carbocycles. The van der Waals surface area contributed by atoms with E-state index in [9.17, 15) is 9.90 Å². The molecule has 2 rings (SSSR count). The third kappa shape index (κ3) is 4.60. The van der Waals surface area contributed by atoms with Crippen LogP contribution >= 0.6 is 0 Å². The highest BCUT2D eigenvalue weighted by atomic mass is 16.5. The second-order valence-corrected chi connectivity index (χ2v) is 5.50. The molecule has 0 aliphatic heterocycles. The summed E-state index contributed by atoms with van der Waals surface area (Å²) in [6.07, 6.45) is 0.616. The Morgan fingerprint density at radius 1 is 1.36 bits per heavy atom.